The molecule has 0 aliphatic rings. The zero-order chi connectivity index (χ0) is 11.4. The molecule has 0 bridgehead atoms. The number of hydrogen-bond donors (Lipinski definition) is 0. The molecule has 1 rings (SSSR count). The second-order valence-corrected chi connectivity index (χ2v) is 5.36. The van der Waals surface area contributed by atoms with E-state index in [0.717, 1.165) is 0 Å². The predicted octanol–water partition coefficient (Wildman–Crippen LogP) is 2.54. The van der Waals surface area contributed by atoms with Crippen LogP contribution in [-0.2, 0) is 0 Å². The minimum absolute atomic E-state index is 0.0329. The Morgan fingerprint density at radius 1 is 1.53 bits per heavy atom. The maximum absolute atomic E-state index is 11.9. The monoisotopic (exact) mass is 246 g/mol. The first-order valence-corrected chi connectivity index (χ1v) is 6.27. The molecule has 0 saturated heterocycles. The van der Waals surface area contributed by atoms with Crippen molar-refractivity contribution >= 4 is 23.4 Å². The molecule has 1 heterocycles. The van der Waals surface area contributed by atoms with Crippen molar-refractivity contribution in [1.29, 1.82) is 0 Å². The second kappa shape index (κ2) is 5.56. The summed E-state index contributed by atoms with van der Waals surface area (Å²) in [5, 5.41) is 0.731. The molecule has 0 aliphatic heterocycles. The molecule has 3 nitrogen and oxygen atoms in total. The highest BCUT2D eigenvalue weighted by Crippen LogP contribution is 2.18. The van der Waals surface area contributed by atoms with Crippen LogP contribution in [0.3, 0.4) is 0 Å². The average Bonchev–Trinajstić information content (AvgIpc) is 2.20. The van der Waals surface area contributed by atoms with E-state index in [9.17, 15) is 4.79 Å². The number of thioether (sulfide) groups is 1. The number of alkyl halides is 1. The first-order valence-electron chi connectivity index (χ1n) is 4.86. The maximum atomic E-state index is 11.9. The molecule has 0 spiro atoms. The van der Waals surface area contributed by atoms with Gasteiger partial charge in [0.15, 0.2) is 5.03 Å². The van der Waals surface area contributed by atoms with Crippen LogP contribution in [0.15, 0.2) is 22.2 Å². The molecule has 5 heteroatoms. The minimum atomic E-state index is -0.0329. The Kier molecular flexibility index (Phi) is 4.67. The third-order valence-corrected chi connectivity index (χ3v) is 3.64. The third-order valence-electron chi connectivity index (χ3n) is 1.92. The van der Waals surface area contributed by atoms with Crippen LogP contribution in [0.2, 0.25) is 0 Å². The van der Waals surface area contributed by atoms with Crippen molar-refractivity contribution < 1.29 is 0 Å². The molecule has 15 heavy (non-hydrogen) atoms. The maximum Gasteiger partial charge on any atom is 0.283 e. The van der Waals surface area contributed by atoms with Crippen LogP contribution < -0.4 is 5.56 Å². The van der Waals surface area contributed by atoms with Gasteiger partial charge in [0.05, 0.1) is 0 Å². The van der Waals surface area contributed by atoms with Gasteiger partial charge >= 0.3 is 0 Å². The summed E-state index contributed by atoms with van der Waals surface area (Å²) in [6.07, 6.45) is 3.37. The highest BCUT2D eigenvalue weighted by Gasteiger charge is 2.10. The van der Waals surface area contributed by atoms with Crippen LogP contribution in [-0.4, -0.2) is 20.7 Å². The lowest BCUT2D eigenvalue weighted by Crippen LogP contribution is -2.24. The Hall–Kier alpha value is -0.480. The molecule has 84 valence electrons. The summed E-state index contributed by atoms with van der Waals surface area (Å²) < 4.78 is 1.68. The second-order valence-electron chi connectivity index (χ2n) is 3.62. The van der Waals surface area contributed by atoms with Gasteiger partial charge < -0.3 is 4.57 Å². The van der Waals surface area contributed by atoms with E-state index < -0.39 is 0 Å². The first-order chi connectivity index (χ1) is 7.06. The van der Waals surface area contributed by atoms with E-state index in [4.69, 9.17) is 11.6 Å². The molecular formula is C10H15ClN2OS. The zero-order valence-corrected chi connectivity index (χ0v) is 10.7. The molecule has 0 aromatic carbocycles. The summed E-state index contributed by atoms with van der Waals surface area (Å²) in [4.78, 5) is 16.0. The quantitative estimate of drug-likeness (QED) is 0.605. The van der Waals surface area contributed by atoms with Gasteiger partial charge in [0.1, 0.15) is 0 Å². The van der Waals surface area contributed by atoms with Crippen LogP contribution in [0.1, 0.15) is 26.8 Å². The largest absolute Gasteiger partial charge is 0.309 e. The predicted molar refractivity (Wildman–Crippen MR) is 64.9 cm³/mol. The highest BCUT2D eigenvalue weighted by atomic mass is 35.5. The van der Waals surface area contributed by atoms with E-state index >= 15 is 0 Å². The molecule has 1 aromatic heterocycles. The van der Waals surface area contributed by atoms with E-state index in [2.05, 4.69) is 4.98 Å². The molecule has 0 radical (unpaired) electrons. The normalized spacial score (nSPS) is 13.1. The number of hydrogen-bond acceptors (Lipinski definition) is 3. The molecule has 0 saturated carbocycles. The summed E-state index contributed by atoms with van der Waals surface area (Å²) >= 11 is 7.12. The fourth-order valence-corrected chi connectivity index (χ4v) is 2.08. The van der Waals surface area contributed by atoms with Gasteiger partial charge in [-0.2, -0.15) is 0 Å². The molecule has 1 aromatic rings. The Labute approximate surface area is 98.9 Å². The van der Waals surface area contributed by atoms with Crippen LogP contribution >= 0.6 is 23.4 Å². The van der Waals surface area contributed by atoms with Gasteiger partial charge in [-0.3, -0.25) is 4.79 Å². The van der Waals surface area contributed by atoms with Crippen LogP contribution in [0.5, 0.6) is 0 Å². The number of nitrogens with zero attached hydrogens (tertiary/aromatic N) is 2. The number of aromatic nitrogens is 2. The lowest BCUT2D eigenvalue weighted by Gasteiger charge is -2.11. The summed E-state index contributed by atoms with van der Waals surface area (Å²) in [6, 6.07) is 0.158. The van der Waals surface area contributed by atoms with Crippen LogP contribution in [0.25, 0.3) is 0 Å². The third kappa shape index (κ3) is 3.24. The van der Waals surface area contributed by atoms with Gasteiger partial charge in [0.2, 0.25) is 0 Å². The van der Waals surface area contributed by atoms with E-state index in [1.54, 1.807) is 17.0 Å². The summed E-state index contributed by atoms with van der Waals surface area (Å²) in [5.74, 6) is 0.516. The van der Waals surface area contributed by atoms with Gasteiger partial charge in [-0.15, -0.1) is 11.6 Å². The lowest BCUT2D eigenvalue weighted by molar-refractivity contribution is 0.561. The Bertz CT molecular complexity index is 378. The Morgan fingerprint density at radius 3 is 2.73 bits per heavy atom. The highest BCUT2D eigenvalue weighted by molar-refractivity contribution is 7.99. The van der Waals surface area contributed by atoms with E-state index in [1.807, 2.05) is 20.8 Å². The molecule has 0 N–H and O–H groups in total. The summed E-state index contributed by atoms with van der Waals surface area (Å²) in [6.45, 7) is 5.92. The fourth-order valence-electron chi connectivity index (χ4n) is 1.12. The van der Waals surface area contributed by atoms with Crippen molar-refractivity contribution in [2.75, 3.05) is 5.88 Å². The van der Waals surface area contributed by atoms with Gasteiger partial charge in [-0.25, -0.2) is 4.98 Å². The van der Waals surface area contributed by atoms with E-state index in [-0.39, 0.29) is 16.9 Å². The van der Waals surface area contributed by atoms with Crippen molar-refractivity contribution in [2.45, 2.75) is 37.1 Å². The van der Waals surface area contributed by atoms with E-state index in [0.29, 0.717) is 10.9 Å². The lowest BCUT2D eigenvalue weighted by atomic mass is 10.4. The Morgan fingerprint density at radius 2 is 2.20 bits per heavy atom. The van der Waals surface area contributed by atoms with Crippen LogP contribution in [0, 0.1) is 0 Å². The molecular weight excluding hydrogens is 232 g/mol. The average molecular weight is 247 g/mol. The SMILES string of the molecule is CC(CCl)Sc1nccn(C(C)C)c1=O. The standard InChI is InChI=1S/C10H15ClN2OS/c1-7(2)13-5-4-12-9(10(13)14)15-8(3)6-11/h4-5,7-8H,6H2,1-3H3. The van der Waals surface area contributed by atoms with E-state index in [1.165, 1.54) is 11.8 Å². The Balaban J connectivity index is 3.00. The molecule has 1 unspecified atom stereocenters. The number of halogens is 1. The molecule has 0 aliphatic carbocycles. The topological polar surface area (TPSA) is 34.9 Å². The molecule has 0 fully saturated rings. The zero-order valence-electron chi connectivity index (χ0n) is 9.11. The van der Waals surface area contributed by atoms with Crippen molar-refractivity contribution in [3.63, 3.8) is 0 Å². The van der Waals surface area contributed by atoms with Gasteiger partial charge in [0, 0.05) is 29.6 Å². The fraction of sp³-hybridized carbons (Fsp3) is 0.600. The van der Waals surface area contributed by atoms with Gasteiger partial charge in [0.25, 0.3) is 5.56 Å². The summed E-state index contributed by atoms with van der Waals surface area (Å²) in [7, 11) is 0. The van der Waals surface area contributed by atoms with Crippen molar-refractivity contribution in [3.05, 3.63) is 22.7 Å². The molecule has 1 atom stereocenters. The van der Waals surface area contributed by atoms with Crippen molar-refractivity contribution in [3.8, 4) is 0 Å². The van der Waals surface area contributed by atoms with Gasteiger partial charge in [-0.05, 0) is 13.8 Å². The smallest absolute Gasteiger partial charge is 0.283 e. The van der Waals surface area contributed by atoms with Crippen molar-refractivity contribution in [1.82, 2.24) is 9.55 Å². The van der Waals surface area contributed by atoms with Crippen LogP contribution in [0.4, 0.5) is 0 Å². The first kappa shape index (κ1) is 12.6. The molecule has 0 amide bonds. The number of rotatable bonds is 4. The minimum Gasteiger partial charge on any atom is -0.309 e. The van der Waals surface area contributed by atoms with Crippen molar-refractivity contribution in [2.24, 2.45) is 0 Å². The summed E-state index contributed by atoms with van der Waals surface area (Å²) in [5.41, 5.74) is -0.0329. The van der Waals surface area contributed by atoms with Gasteiger partial charge in [-0.1, -0.05) is 18.7 Å².